The number of nitrogens with one attached hydrogen (secondary N) is 1. The van der Waals surface area contributed by atoms with Gasteiger partial charge in [-0.15, -0.1) is 0 Å². The fraction of sp³-hybridized carbons (Fsp3) is 0.842. The van der Waals surface area contributed by atoms with Gasteiger partial charge < -0.3 is 26.2 Å². The molecule has 0 unspecified atom stereocenters. The Morgan fingerprint density at radius 2 is 1.71 bits per heavy atom. The van der Waals surface area contributed by atoms with E-state index in [1.54, 1.807) is 6.92 Å². The molecule has 0 aromatic carbocycles. The van der Waals surface area contributed by atoms with Crippen molar-refractivity contribution in [2.24, 2.45) is 11.5 Å². The second-order valence-corrected chi connectivity index (χ2v) is 7.12. The number of carboxylic acids is 1. The van der Waals surface area contributed by atoms with E-state index >= 15 is 0 Å². The van der Waals surface area contributed by atoms with Gasteiger partial charge in [0.15, 0.2) is 0 Å². The van der Waals surface area contributed by atoms with E-state index in [9.17, 15) is 19.5 Å². The Balaban J connectivity index is 2.90. The number of rotatable bonds is 14. The molecule has 1 fully saturated rings. The minimum absolute atomic E-state index is 0.257. The van der Waals surface area contributed by atoms with Crippen LogP contribution in [0, 0.1) is 0 Å². The summed E-state index contributed by atoms with van der Waals surface area (Å²) in [5.74, 6) is -1.65. The van der Waals surface area contributed by atoms with Gasteiger partial charge >= 0.3 is 11.9 Å². The normalized spacial score (nSPS) is 18.7. The van der Waals surface area contributed by atoms with Crippen molar-refractivity contribution in [3.05, 3.63) is 0 Å². The molecule has 0 radical (unpaired) electrons. The van der Waals surface area contributed by atoms with Crippen LogP contribution < -0.4 is 16.8 Å². The smallest absolute Gasteiger partial charge is 0.326 e. The third kappa shape index (κ3) is 7.73. The van der Waals surface area contributed by atoms with Crippen molar-refractivity contribution < 1.29 is 24.2 Å². The summed E-state index contributed by atoms with van der Waals surface area (Å²) < 4.78 is 5.15. The van der Waals surface area contributed by atoms with Gasteiger partial charge in [0.25, 0.3) is 0 Å². The first-order chi connectivity index (χ1) is 13.5. The summed E-state index contributed by atoms with van der Waals surface area (Å²) in [6.07, 6.45) is 5.10. The maximum Gasteiger partial charge on any atom is 0.326 e. The lowest BCUT2D eigenvalue weighted by molar-refractivity contribution is -0.150. The first-order valence-corrected chi connectivity index (χ1v) is 10.3. The van der Waals surface area contributed by atoms with Crippen LogP contribution in [0.2, 0.25) is 0 Å². The second kappa shape index (κ2) is 13.5. The molecule has 1 amide bonds. The molecule has 28 heavy (non-hydrogen) atoms. The molecule has 0 aliphatic carbocycles. The molecule has 9 heteroatoms. The second-order valence-electron chi connectivity index (χ2n) is 7.12. The molecule has 1 rings (SSSR count). The van der Waals surface area contributed by atoms with Crippen molar-refractivity contribution in [1.29, 1.82) is 0 Å². The lowest BCUT2D eigenvalue weighted by Crippen LogP contribution is -2.54. The Morgan fingerprint density at radius 1 is 1.11 bits per heavy atom. The van der Waals surface area contributed by atoms with Gasteiger partial charge in [-0.1, -0.05) is 12.8 Å². The lowest BCUT2D eigenvalue weighted by Gasteiger charge is -2.30. The molecule has 1 saturated heterocycles. The number of carbonyl (C=O) groups excluding carboxylic acids is 2. The number of aliphatic carboxylic acids is 1. The number of esters is 1. The quantitative estimate of drug-likeness (QED) is 0.239. The fourth-order valence-electron chi connectivity index (χ4n) is 3.51. The molecule has 3 atom stereocenters. The van der Waals surface area contributed by atoms with Gasteiger partial charge in [0.05, 0.1) is 12.6 Å². The first-order valence-electron chi connectivity index (χ1n) is 10.3. The molecule has 1 heterocycles. The first kappa shape index (κ1) is 24.3. The monoisotopic (exact) mass is 400 g/mol. The molecule has 0 spiro atoms. The molecule has 1 aliphatic heterocycles. The predicted octanol–water partition coefficient (Wildman–Crippen LogP) is 0.210. The molecule has 0 aromatic heterocycles. The van der Waals surface area contributed by atoms with E-state index < -0.39 is 30.1 Å². The Labute approximate surface area is 167 Å². The zero-order valence-corrected chi connectivity index (χ0v) is 16.9. The van der Waals surface area contributed by atoms with Crippen LogP contribution in [0.25, 0.3) is 0 Å². The number of likely N-dealkylation sites (tertiary alicyclic amines) is 1. The van der Waals surface area contributed by atoms with Crippen molar-refractivity contribution in [2.45, 2.75) is 76.4 Å². The van der Waals surface area contributed by atoms with Gasteiger partial charge in [-0.25, -0.2) is 4.79 Å². The highest BCUT2D eigenvalue weighted by Crippen LogP contribution is 2.20. The summed E-state index contributed by atoms with van der Waals surface area (Å²) in [7, 11) is 0. The van der Waals surface area contributed by atoms with E-state index in [2.05, 4.69) is 5.32 Å². The fourth-order valence-corrected chi connectivity index (χ4v) is 3.51. The van der Waals surface area contributed by atoms with Gasteiger partial charge in [-0.3, -0.25) is 14.9 Å². The summed E-state index contributed by atoms with van der Waals surface area (Å²) in [5.41, 5.74) is 11.1. The van der Waals surface area contributed by atoms with Crippen LogP contribution in [0.5, 0.6) is 0 Å². The highest BCUT2D eigenvalue weighted by molar-refractivity contribution is 5.88. The Kier molecular flexibility index (Phi) is 11.7. The van der Waals surface area contributed by atoms with Gasteiger partial charge in [-0.05, 0) is 58.5 Å². The van der Waals surface area contributed by atoms with Gasteiger partial charge in [-0.2, -0.15) is 0 Å². The average molecular weight is 401 g/mol. The minimum Gasteiger partial charge on any atom is -0.480 e. The molecule has 6 N–H and O–H groups in total. The zero-order chi connectivity index (χ0) is 20.9. The number of nitrogens with two attached hydrogens (primary N) is 2. The van der Waals surface area contributed by atoms with Crippen molar-refractivity contribution in [2.75, 3.05) is 26.2 Å². The number of nitrogens with zero attached hydrogens (tertiary/aromatic N) is 1. The summed E-state index contributed by atoms with van der Waals surface area (Å²) in [4.78, 5) is 38.4. The van der Waals surface area contributed by atoms with Gasteiger partial charge in [0.2, 0.25) is 5.91 Å². The average Bonchev–Trinajstić information content (AvgIpc) is 3.16. The molecule has 9 nitrogen and oxygen atoms in total. The molecular formula is C19H36N4O5. The van der Waals surface area contributed by atoms with Crippen LogP contribution in [0.3, 0.4) is 0 Å². The molecular weight excluding hydrogens is 364 g/mol. The highest BCUT2D eigenvalue weighted by atomic mass is 16.5. The molecule has 1 aliphatic rings. The van der Waals surface area contributed by atoms with Crippen LogP contribution in [0.4, 0.5) is 0 Å². The molecule has 0 bridgehead atoms. The van der Waals surface area contributed by atoms with Crippen molar-refractivity contribution >= 4 is 17.8 Å². The van der Waals surface area contributed by atoms with Crippen LogP contribution in [0.1, 0.15) is 58.3 Å². The van der Waals surface area contributed by atoms with E-state index in [1.165, 1.54) is 4.90 Å². The predicted molar refractivity (Wildman–Crippen MR) is 106 cm³/mol. The van der Waals surface area contributed by atoms with Crippen molar-refractivity contribution in [3.63, 3.8) is 0 Å². The van der Waals surface area contributed by atoms with Crippen LogP contribution in [-0.4, -0.2) is 72.2 Å². The molecule has 0 aromatic rings. The standard InChI is InChI=1S/C19H36N4O5/c1-2-28-19(27)15(9-4-6-12-21)22-14(8-3-5-11-20)17(24)23-13-7-10-16(23)18(25)26/h14-16,22H,2-13,20-21H2,1H3,(H,25,26)/t14-,15-,16-/m0/s1. The lowest BCUT2D eigenvalue weighted by atomic mass is 10.0. The van der Waals surface area contributed by atoms with Crippen LogP contribution in [-0.2, 0) is 19.1 Å². The van der Waals surface area contributed by atoms with Gasteiger partial charge in [0, 0.05) is 6.54 Å². The summed E-state index contributed by atoms with van der Waals surface area (Å²) >= 11 is 0. The van der Waals surface area contributed by atoms with E-state index in [4.69, 9.17) is 16.2 Å². The third-order valence-electron chi connectivity index (χ3n) is 4.99. The Bertz CT molecular complexity index is 503. The highest BCUT2D eigenvalue weighted by Gasteiger charge is 2.38. The number of unbranched alkanes of at least 4 members (excludes halogenated alkanes) is 2. The maximum absolute atomic E-state index is 13.1. The largest absolute Gasteiger partial charge is 0.480 e. The van der Waals surface area contributed by atoms with E-state index in [0.717, 1.165) is 19.3 Å². The summed E-state index contributed by atoms with van der Waals surface area (Å²) in [6, 6.07) is -2.06. The maximum atomic E-state index is 13.1. The number of hydrogen-bond donors (Lipinski definition) is 4. The van der Waals surface area contributed by atoms with Crippen LogP contribution >= 0.6 is 0 Å². The topological polar surface area (TPSA) is 148 Å². The third-order valence-corrected chi connectivity index (χ3v) is 4.99. The number of hydrogen-bond acceptors (Lipinski definition) is 7. The van der Waals surface area contributed by atoms with Crippen molar-refractivity contribution in [1.82, 2.24) is 10.2 Å². The van der Waals surface area contributed by atoms with E-state index in [-0.39, 0.29) is 12.5 Å². The summed E-state index contributed by atoms with van der Waals surface area (Å²) in [6.45, 7) is 3.46. The Morgan fingerprint density at radius 3 is 2.25 bits per heavy atom. The van der Waals surface area contributed by atoms with E-state index in [1.807, 2.05) is 0 Å². The SMILES string of the molecule is CCOC(=O)[C@H](CCCCN)N[C@@H](CCCCN)C(=O)N1CCC[C@H]1C(=O)O. The van der Waals surface area contributed by atoms with Crippen LogP contribution in [0.15, 0.2) is 0 Å². The Hall–Kier alpha value is -1.71. The van der Waals surface area contributed by atoms with E-state index in [0.29, 0.717) is 51.7 Å². The minimum atomic E-state index is -0.989. The number of amides is 1. The number of carboxylic acid groups (broad SMARTS) is 1. The molecule has 162 valence electrons. The van der Waals surface area contributed by atoms with Gasteiger partial charge in [0.1, 0.15) is 12.1 Å². The molecule has 0 saturated carbocycles. The number of carbonyl (C=O) groups is 3. The zero-order valence-electron chi connectivity index (χ0n) is 16.9. The number of ether oxygens (including phenoxy) is 1. The van der Waals surface area contributed by atoms with Crippen molar-refractivity contribution in [3.8, 4) is 0 Å². The summed E-state index contributed by atoms with van der Waals surface area (Å²) in [5, 5.41) is 12.5.